The SMILES string of the molecule is CC(CN(C)C(=O)CC[C@H](NC(=O)[C@H](CC1CCCCC1)NC(=O)OCc1cccc(Cl)c1)C(=O)O)c1ccccc1. The average molecular weight is 600 g/mol. The second-order valence-corrected chi connectivity index (χ2v) is 11.6. The van der Waals surface area contributed by atoms with Crippen molar-refractivity contribution in [2.45, 2.75) is 82.9 Å². The van der Waals surface area contributed by atoms with Crippen molar-refractivity contribution in [1.82, 2.24) is 15.5 Å². The smallest absolute Gasteiger partial charge is 0.408 e. The first kappa shape index (κ1) is 32.9. The van der Waals surface area contributed by atoms with Crippen LogP contribution in [0.15, 0.2) is 54.6 Å². The summed E-state index contributed by atoms with van der Waals surface area (Å²) in [5.74, 6) is -1.71. The minimum Gasteiger partial charge on any atom is -0.480 e. The summed E-state index contributed by atoms with van der Waals surface area (Å²) >= 11 is 6.00. The van der Waals surface area contributed by atoms with E-state index in [0.717, 1.165) is 37.7 Å². The van der Waals surface area contributed by atoms with Gasteiger partial charge in [0.05, 0.1) is 0 Å². The van der Waals surface area contributed by atoms with E-state index in [1.54, 1.807) is 36.2 Å². The van der Waals surface area contributed by atoms with Crippen LogP contribution in [-0.2, 0) is 25.7 Å². The highest BCUT2D eigenvalue weighted by Crippen LogP contribution is 2.27. The fourth-order valence-electron chi connectivity index (χ4n) is 5.34. The molecule has 1 aliphatic rings. The predicted octanol–water partition coefficient (Wildman–Crippen LogP) is 5.52. The summed E-state index contributed by atoms with van der Waals surface area (Å²) in [5.41, 5.74) is 1.81. The van der Waals surface area contributed by atoms with Crippen LogP contribution in [0.5, 0.6) is 0 Å². The maximum absolute atomic E-state index is 13.3. The number of aliphatic carboxylic acids is 1. The van der Waals surface area contributed by atoms with Gasteiger partial charge in [0.2, 0.25) is 11.8 Å². The summed E-state index contributed by atoms with van der Waals surface area (Å²) in [6.45, 7) is 2.48. The number of nitrogens with one attached hydrogen (secondary N) is 2. The van der Waals surface area contributed by atoms with E-state index >= 15 is 0 Å². The van der Waals surface area contributed by atoms with Crippen molar-refractivity contribution in [2.75, 3.05) is 13.6 Å². The molecular formula is C32H42ClN3O6. The minimum absolute atomic E-state index is 0.0274. The van der Waals surface area contributed by atoms with Crippen LogP contribution in [-0.4, -0.2) is 59.6 Å². The van der Waals surface area contributed by atoms with E-state index in [0.29, 0.717) is 23.6 Å². The van der Waals surface area contributed by atoms with Crippen molar-refractivity contribution in [3.05, 3.63) is 70.7 Å². The fourth-order valence-corrected chi connectivity index (χ4v) is 5.55. The molecule has 228 valence electrons. The Hall–Kier alpha value is -3.59. The maximum atomic E-state index is 13.3. The molecule has 3 amide bonds. The molecule has 0 bridgehead atoms. The number of likely N-dealkylation sites (N-methyl/N-ethyl adjacent to an activating group) is 1. The Bertz CT molecular complexity index is 1190. The van der Waals surface area contributed by atoms with Crippen molar-refractivity contribution >= 4 is 35.5 Å². The summed E-state index contributed by atoms with van der Waals surface area (Å²) < 4.78 is 5.32. The number of alkyl carbamates (subject to hydrolysis) is 1. The van der Waals surface area contributed by atoms with E-state index in [-0.39, 0.29) is 37.2 Å². The first-order valence-corrected chi connectivity index (χ1v) is 15.0. The van der Waals surface area contributed by atoms with Gasteiger partial charge in [0, 0.05) is 25.0 Å². The fraction of sp³-hybridized carbons (Fsp3) is 0.500. The van der Waals surface area contributed by atoms with Gasteiger partial charge in [-0.1, -0.05) is 93.1 Å². The number of carbonyl (C=O) groups is 4. The molecule has 3 atom stereocenters. The molecule has 1 unspecified atom stereocenters. The third kappa shape index (κ3) is 11.0. The normalized spacial score (nSPS) is 15.6. The Morgan fingerprint density at radius 3 is 2.38 bits per heavy atom. The molecule has 0 saturated heterocycles. The highest BCUT2D eigenvalue weighted by atomic mass is 35.5. The van der Waals surface area contributed by atoms with Crippen LogP contribution >= 0.6 is 11.6 Å². The molecule has 2 aromatic carbocycles. The summed E-state index contributed by atoms with van der Waals surface area (Å²) in [5, 5.41) is 15.5. The summed E-state index contributed by atoms with van der Waals surface area (Å²) in [6, 6.07) is 14.5. The molecule has 3 rings (SSSR count). The van der Waals surface area contributed by atoms with Gasteiger partial charge in [-0.05, 0) is 47.9 Å². The Morgan fingerprint density at radius 2 is 1.71 bits per heavy atom. The summed E-state index contributed by atoms with van der Waals surface area (Å²) in [7, 11) is 1.69. The summed E-state index contributed by atoms with van der Waals surface area (Å²) in [4.78, 5) is 52.4. The van der Waals surface area contributed by atoms with Crippen molar-refractivity contribution in [3.8, 4) is 0 Å². The number of nitrogens with zero attached hydrogens (tertiary/aromatic N) is 1. The molecule has 0 aliphatic heterocycles. The van der Waals surface area contributed by atoms with E-state index in [2.05, 4.69) is 10.6 Å². The van der Waals surface area contributed by atoms with Crippen LogP contribution in [0.3, 0.4) is 0 Å². The third-order valence-corrected chi connectivity index (χ3v) is 8.00. The zero-order chi connectivity index (χ0) is 30.5. The number of amides is 3. The average Bonchev–Trinajstić information content (AvgIpc) is 2.98. The van der Waals surface area contributed by atoms with Crippen LogP contribution in [0, 0.1) is 5.92 Å². The van der Waals surface area contributed by atoms with Crippen LogP contribution in [0.1, 0.15) is 75.3 Å². The lowest BCUT2D eigenvalue weighted by atomic mass is 9.84. The van der Waals surface area contributed by atoms with E-state index in [1.165, 1.54) is 0 Å². The first-order valence-electron chi connectivity index (χ1n) is 14.6. The Morgan fingerprint density at radius 1 is 1.00 bits per heavy atom. The van der Waals surface area contributed by atoms with Gasteiger partial charge in [-0.3, -0.25) is 9.59 Å². The van der Waals surface area contributed by atoms with Gasteiger partial charge in [-0.2, -0.15) is 0 Å². The van der Waals surface area contributed by atoms with Crippen LogP contribution in [0.25, 0.3) is 0 Å². The monoisotopic (exact) mass is 599 g/mol. The number of rotatable bonds is 14. The number of carbonyl (C=O) groups excluding carboxylic acids is 3. The number of carboxylic acid groups (broad SMARTS) is 1. The molecule has 0 radical (unpaired) electrons. The predicted molar refractivity (Wildman–Crippen MR) is 161 cm³/mol. The van der Waals surface area contributed by atoms with E-state index in [1.807, 2.05) is 37.3 Å². The number of hydrogen-bond acceptors (Lipinski definition) is 5. The lowest BCUT2D eigenvalue weighted by molar-refractivity contribution is -0.142. The van der Waals surface area contributed by atoms with E-state index in [4.69, 9.17) is 16.3 Å². The van der Waals surface area contributed by atoms with Crippen LogP contribution in [0.2, 0.25) is 5.02 Å². The Labute approximate surface area is 252 Å². The molecule has 2 aromatic rings. The zero-order valence-electron chi connectivity index (χ0n) is 24.4. The quantitative estimate of drug-likeness (QED) is 0.263. The van der Waals surface area contributed by atoms with Gasteiger partial charge in [0.1, 0.15) is 18.7 Å². The Kier molecular flexibility index (Phi) is 13.1. The van der Waals surface area contributed by atoms with Crippen molar-refractivity contribution in [3.63, 3.8) is 0 Å². The number of hydrogen-bond donors (Lipinski definition) is 3. The lowest BCUT2D eigenvalue weighted by Gasteiger charge is -2.27. The second kappa shape index (κ2) is 16.8. The lowest BCUT2D eigenvalue weighted by Crippen LogP contribution is -2.52. The second-order valence-electron chi connectivity index (χ2n) is 11.2. The molecule has 0 heterocycles. The van der Waals surface area contributed by atoms with Gasteiger partial charge >= 0.3 is 12.1 Å². The number of halogens is 1. The van der Waals surface area contributed by atoms with Gasteiger partial charge in [-0.25, -0.2) is 9.59 Å². The molecular weight excluding hydrogens is 558 g/mol. The highest BCUT2D eigenvalue weighted by Gasteiger charge is 2.30. The van der Waals surface area contributed by atoms with Crippen molar-refractivity contribution in [2.24, 2.45) is 5.92 Å². The molecule has 1 aliphatic carbocycles. The van der Waals surface area contributed by atoms with Gasteiger partial charge in [-0.15, -0.1) is 0 Å². The number of carboxylic acids is 1. The van der Waals surface area contributed by atoms with Gasteiger partial charge in [0.25, 0.3) is 0 Å². The number of benzene rings is 2. The molecule has 3 N–H and O–H groups in total. The maximum Gasteiger partial charge on any atom is 0.408 e. The molecule has 1 saturated carbocycles. The first-order chi connectivity index (χ1) is 20.1. The minimum atomic E-state index is -1.28. The van der Waals surface area contributed by atoms with Crippen molar-refractivity contribution < 1.29 is 29.0 Å². The molecule has 1 fully saturated rings. The molecule has 42 heavy (non-hydrogen) atoms. The van der Waals surface area contributed by atoms with Crippen molar-refractivity contribution in [1.29, 1.82) is 0 Å². The molecule has 0 spiro atoms. The Balaban J connectivity index is 1.57. The molecule has 9 nitrogen and oxygen atoms in total. The molecule has 0 aromatic heterocycles. The zero-order valence-corrected chi connectivity index (χ0v) is 25.1. The van der Waals surface area contributed by atoms with Crippen LogP contribution in [0.4, 0.5) is 4.79 Å². The van der Waals surface area contributed by atoms with Gasteiger partial charge < -0.3 is 25.4 Å². The third-order valence-electron chi connectivity index (χ3n) is 7.76. The number of ether oxygens (including phenoxy) is 1. The van der Waals surface area contributed by atoms with E-state index in [9.17, 15) is 24.3 Å². The van der Waals surface area contributed by atoms with E-state index < -0.39 is 30.1 Å². The topological polar surface area (TPSA) is 125 Å². The molecule has 10 heteroatoms. The van der Waals surface area contributed by atoms with Gasteiger partial charge in [0.15, 0.2) is 0 Å². The standard InChI is InChI=1S/C32H42ClN3O6/c1-22(25-13-7-4-8-14-25)20-36(2)29(37)17-16-27(31(39)40)34-30(38)28(19-23-10-5-3-6-11-23)35-32(41)42-21-24-12-9-15-26(33)18-24/h4,7-9,12-15,18,22-23,27-28H,3,5-6,10-11,16-17,19-21H2,1-2H3,(H,34,38)(H,35,41)(H,39,40)/t22?,27-,28-/m0/s1. The van der Waals surface area contributed by atoms with Crippen LogP contribution < -0.4 is 10.6 Å². The highest BCUT2D eigenvalue weighted by molar-refractivity contribution is 6.30. The largest absolute Gasteiger partial charge is 0.480 e. The summed E-state index contributed by atoms with van der Waals surface area (Å²) in [6.07, 6.45) is 4.60.